The Balaban J connectivity index is 1.46. The Morgan fingerprint density at radius 1 is 0.976 bits per heavy atom. The molecular weight excluding hydrogens is 543 g/mol. The number of ether oxygens (including phenoxy) is 1. The molecule has 4 aromatic rings. The summed E-state index contributed by atoms with van der Waals surface area (Å²) in [4.78, 5) is 26.7. The van der Waals surface area contributed by atoms with Crippen LogP contribution in [0.3, 0.4) is 0 Å². The van der Waals surface area contributed by atoms with Crippen molar-refractivity contribution >= 4 is 34.1 Å². The lowest BCUT2D eigenvalue weighted by Crippen LogP contribution is -2.29. The first kappa shape index (κ1) is 27.9. The molecule has 0 spiro atoms. The number of benzene rings is 2. The van der Waals surface area contributed by atoms with Crippen LogP contribution in [0.15, 0.2) is 54.6 Å². The van der Waals surface area contributed by atoms with Gasteiger partial charge in [0.15, 0.2) is 11.5 Å². The maximum Gasteiger partial charge on any atom is 0.416 e. The van der Waals surface area contributed by atoms with Gasteiger partial charge in [-0.2, -0.15) is 13.2 Å². The summed E-state index contributed by atoms with van der Waals surface area (Å²) in [6, 6.07) is 15.1. The first-order chi connectivity index (χ1) is 20.2. The van der Waals surface area contributed by atoms with Gasteiger partial charge < -0.3 is 15.0 Å². The molecule has 42 heavy (non-hydrogen) atoms. The fourth-order valence-electron chi connectivity index (χ4n) is 5.86. The minimum Gasteiger partial charge on any atom is -0.456 e. The average molecular weight is 576 g/mol. The molecule has 0 saturated heterocycles. The molecule has 0 bridgehead atoms. The minimum atomic E-state index is -4.43. The number of nitrogens with zero attached hydrogens (tertiary/aromatic N) is 4. The zero-order chi connectivity index (χ0) is 29.4. The van der Waals surface area contributed by atoms with Gasteiger partial charge in [-0.1, -0.05) is 48.9 Å². The van der Waals surface area contributed by atoms with Crippen LogP contribution < -0.4 is 5.73 Å². The quantitative estimate of drug-likeness (QED) is 0.232. The van der Waals surface area contributed by atoms with Crippen molar-refractivity contribution in [3.63, 3.8) is 0 Å². The van der Waals surface area contributed by atoms with Gasteiger partial charge in [0.1, 0.15) is 17.4 Å². The van der Waals surface area contributed by atoms with E-state index in [4.69, 9.17) is 15.5 Å². The molecule has 6 rings (SSSR count). The number of aromatic nitrogens is 4. The zero-order valence-corrected chi connectivity index (χ0v) is 23.3. The van der Waals surface area contributed by atoms with Crippen LogP contribution in [-0.2, 0) is 17.5 Å². The normalized spacial score (nSPS) is 16.9. The van der Waals surface area contributed by atoms with Crippen LogP contribution in [0.4, 0.5) is 19.0 Å². The molecule has 10 heteroatoms. The highest BCUT2D eigenvalue weighted by Crippen LogP contribution is 2.39. The van der Waals surface area contributed by atoms with E-state index >= 15 is 0 Å². The molecule has 7 nitrogen and oxygen atoms in total. The summed E-state index contributed by atoms with van der Waals surface area (Å²) in [5.74, 6) is 0.213. The smallest absolute Gasteiger partial charge is 0.416 e. The molecule has 1 atom stereocenters. The van der Waals surface area contributed by atoms with E-state index in [9.17, 15) is 18.0 Å². The van der Waals surface area contributed by atoms with Crippen molar-refractivity contribution in [2.45, 2.75) is 70.7 Å². The van der Waals surface area contributed by atoms with Crippen LogP contribution in [0.2, 0.25) is 0 Å². The number of hydrogen-bond donors (Lipinski definition) is 1. The second kappa shape index (κ2) is 11.2. The fourth-order valence-corrected chi connectivity index (χ4v) is 5.86. The summed E-state index contributed by atoms with van der Waals surface area (Å²) in [6.07, 6.45) is 2.12. The lowest BCUT2D eigenvalue weighted by Gasteiger charge is -2.30. The van der Waals surface area contributed by atoms with Crippen molar-refractivity contribution in [3.05, 3.63) is 82.9 Å². The number of alkyl halides is 3. The van der Waals surface area contributed by atoms with E-state index in [0.717, 1.165) is 73.8 Å². The molecule has 2 aromatic carbocycles. The van der Waals surface area contributed by atoms with Crippen LogP contribution in [0.1, 0.15) is 85.0 Å². The number of halogens is 3. The third kappa shape index (κ3) is 5.49. The molecular formula is C32H32F3N5O2. The van der Waals surface area contributed by atoms with E-state index in [0.29, 0.717) is 22.8 Å². The first-order valence-corrected chi connectivity index (χ1v) is 14.4. The predicted octanol–water partition coefficient (Wildman–Crippen LogP) is 7.31. The van der Waals surface area contributed by atoms with Gasteiger partial charge in [-0.05, 0) is 85.8 Å². The number of anilines is 1. The molecule has 1 unspecified atom stereocenters. The lowest BCUT2D eigenvalue weighted by atomic mass is 9.82. The highest BCUT2D eigenvalue weighted by atomic mass is 19.4. The highest BCUT2D eigenvalue weighted by Gasteiger charge is 2.31. The summed E-state index contributed by atoms with van der Waals surface area (Å²) < 4.78 is 47.2. The standard InChI is InChI=1S/C32H32F3N5O2/c1-19(21-10-7-11-21)42-31(41)29-37-27(36)26-28(38-29)39-30(25-13-6-5-12-24(25)22-8-3-2-4-9-22)40(26)18-20-14-16-23(17-15-20)32(33,34)35/h2-4,8-9,14-17,19,21H,5-7,10-13,18H2,1H3,(H2,36,37,38). The third-order valence-electron chi connectivity index (χ3n) is 8.40. The highest BCUT2D eigenvalue weighted by molar-refractivity contribution is 5.95. The van der Waals surface area contributed by atoms with Crippen LogP contribution in [-0.4, -0.2) is 31.6 Å². The molecule has 0 aliphatic heterocycles. The summed E-state index contributed by atoms with van der Waals surface area (Å²) in [7, 11) is 0. The van der Waals surface area contributed by atoms with Crippen LogP contribution in [0.5, 0.6) is 0 Å². The molecule has 0 amide bonds. The van der Waals surface area contributed by atoms with Gasteiger partial charge in [-0.15, -0.1) is 0 Å². The Kier molecular flexibility index (Phi) is 7.47. The van der Waals surface area contributed by atoms with Crippen molar-refractivity contribution in [3.8, 4) is 0 Å². The zero-order valence-electron chi connectivity index (χ0n) is 23.3. The van der Waals surface area contributed by atoms with Gasteiger partial charge in [0, 0.05) is 6.54 Å². The van der Waals surface area contributed by atoms with Crippen LogP contribution in [0, 0.1) is 5.92 Å². The van der Waals surface area contributed by atoms with Crippen molar-refractivity contribution in [2.75, 3.05) is 5.73 Å². The topological polar surface area (TPSA) is 95.9 Å². The molecule has 2 heterocycles. The van der Waals surface area contributed by atoms with E-state index in [1.54, 1.807) is 0 Å². The maximum atomic E-state index is 13.2. The summed E-state index contributed by atoms with van der Waals surface area (Å²) in [6.45, 7) is 2.08. The SMILES string of the molecule is CC(OC(=O)c1nc(N)c2c(n1)nc(C1=C(c3ccccc3)CCCC1)n2Cc1ccc(C(F)(F)F)cc1)C1CCC1. The number of esters is 1. The lowest BCUT2D eigenvalue weighted by molar-refractivity contribution is -0.137. The Hall–Kier alpha value is -4.21. The molecule has 2 N–H and O–H groups in total. The molecule has 2 aromatic heterocycles. The fraction of sp³-hybridized carbons (Fsp3) is 0.375. The molecule has 218 valence electrons. The van der Waals surface area contributed by atoms with E-state index in [1.165, 1.54) is 12.1 Å². The third-order valence-corrected chi connectivity index (χ3v) is 8.40. The van der Waals surface area contributed by atoms with Gasteiger partial charge in [-0.3, -0.25) is 0 Å². The summed E-state index contributed by atoms with van der Waals surface area (Å²) in [5.41, 5.74) is 10.3. The number of rotatable bonds is 7. The van der Waals surface area contributed by atoms with Crippen molar-refractivity contribution < 1.29 is 22.7 Å². The van der Waals surface area contributed by atoms with Gasteiger partial charge in [-0.25, -0.2) is 19.7 Å². The molecule has 1 saturated carbocycles. The number of carbonyl (C=O) groups excluding carboxylic acids is 1. The largest absolute Gasteiger partial charge is 0.456 e. The monoisotopic (exact) mass is 575 g/mol. The number of carbonyl (C=O) groups is 1. The van der Waals surface area contributed by atoms with E-state index in [1.807, 2.05) is 29.7 Å². The maximum absolute atomic E-state index is 13.2. The van der Waals surface area contributed by atoms with Crippen molar-refractivity contribution in [1.29, 1.82) is 0 Å². The number of nitrogen functional groups attached to an aromatic ring is 1. The van der Waals surface area contributed by atoms with Crippen LogP contribution in [0.25, 0.3) is 22.3 Å². The van der Waals surface area contributed by atoms with Crippen LogP contribution >= 0.6 is 0 Å². The predicted molar refractivity (Wildman–Crippen MR) is 154 cm³/mol. The Morgan fingerprint density at radius 3 is 2.31 bits per heavy atom. The first-order valence-electron chi connectivity index (χ1n) is 14.4. The Labute approximate surface area is 241 Å². The second-order valence-corrected chi connectivity index (χ2v) is 11.2. The number of imidazole rings is 1. The van der Waals surface area contributed by atoms with Gasteiger partial charge >= 0.3 is 12.1 Å². The Morgan fingerprint density at radius 2 is 1.67 bits per heavy atom. The molecule has 0 radical (unpaired) electrons. The molecule has 2 aliphatic carbocycles. The van der Waals surface area contributed by atoms with Crippen molar-refractivity contribution in [1.82, 2.24) is 19.5 Å². The molecule has 1 fully saturated rings. The number of allylic oxidation sites excluding steroid dienone is 2. The summed E-state index contributed by atoms with van der Waals surface area (Å²) in [5, 5.41) is 0. The number of nitrogens with two attached hydrogens (primary N) is 1. The second-order valence-electron chi connectivity index (χ2n) is 11.2. The van der Waals surface area contributed by atoms with Gasteiger partial charge in [0.2, 0.25) is 5.82 Å². The minimum absolute atomic E-state index is 0.0616. The number of fused-ring (bicyclic) bond motifs is 1. The van der Waals surface area contributed by atoms with Gasteiger partial charge in [0.25, 0.3) is 0 Å². The van der Waals surface area contributed by atoms with Gasteiger partial charge in [0.05, 0.1) is 5.56 Å². The average Bonchev–Trinajstić information content (AvgIpc) is 3.30. The summed E-state index contributed by atoms with van der Waals surface area (Å²) >= 11 is 0. The number of hydrogen-bond acceptors (Lipinski definition) is 6. The Bertz CT molecular complexity index is 1640. The van der Waals surface area contributed by atoms with E-state index in [2.05, 4.69) is 22.1 Å². The molecule has 2 aliphatic rings. The van der Waals surface area contributed by atoms with Crippen molar-refractivity contribution in [2.24, 2.45) is 5.92 Å². The van der Waals surface area contributed by atoms with E-state index < -0.39 is 17.7 Å². The van der Waals surface area contributed by atoms with E-state index in [-0.39, 0.29) is 29.9 Å².